The Kier molecular flexibility index (Phi) is 4.77. The van der Waals surface area contributed by atoms with Crippen molar-refractivity contribution in [3.8, 4) is 0 Å². The van der Waals surface area contributed by atoms with E-state index in [1.54, 1.807) is 12.1 Å². The van der Waals surface area contributed by atoms with Gasteiger partial charge in [-0.15, -0.1) is 0 Å². The zero-order valence-electron chi connectivity index (χ0n) is 15.5. The highest BCUT2D eigenvalue weighted by Crippen LogP contribution is 2.22. The van der Waals surface area contributed by atoms with Gasteiger partial charge in [0.15, 0.2) is 0 Å². The van der Waals surface area contributed by atoms with Crippen LogP contribution in [0.2, 0.25) is 0 Å². The van der Waals surface area contributed by atoms with Crippen LogP contribution in [0.3, 0.4) is 0 Å². The number of rotatable bonds is 5. The maximum absolute atomic E-state index is 10.8. The van der Waals surface area contributed by atoms with E-state index in [0.717, 1.165) is 56.3 Å². The van der Waals surface area contributed by atoms with Crippen LogP contribution in [0, 0.1) is 10.1 Å². The minimum absolute atomic E-state index is 0.150. The fourth-order valence-corrected chi connectivity index (χ4v) is 3.84. The molecule has 0 amide bonds. The summed E-state index contributed by atoms with van der Waals surface area (Å²) in [5, 5.41) is 10.8. The summed E-state index contributed by atoms with van der Waals surface area (Å²) in [4.78, 5) is 19.2. The van der Waals surface area contributed by atoms with Crippen LogP contribution in [-0.4, -0.2) is 40.7 Å². The Labute approximate surface area is 158 Å². The fraction of sp³-hybridized carbons (Fsp3) is 0.350. The molecule has 1 N–H and O–H groups in total. The lowest BCUT2D eigenvalue weighted by molar-refractivity contribution is -0.914. The first-order valence-corrected chi connectivity index (χ1v) is 9.43. The SMILES string of the molecule is CCn1c(N2CC[NH+](Cc3ccc([N+](=O)[O-])cc3)CC2)nc2ccccc21. The summed E-state index contributed by atoms with van der Waals surface area (Å²) in [6, 6.07) is 15.2. The average molecular weight is 366 g/mol. The normalized spacial score (nSPS) is 15.4. The molecular weight excluding hydrogens is 342 g/mol. The van der Waals surface area contributed by atoms with Crippen LogP contribution in [0.1, 0.15) is 12.5 Å². The lowest BCUT2D eigenvalue weighted by Crippen LogP contribution is -3.13. The number of nitrogens with one attached hydrogen (secondary N) is 1. The van der Waals surface area contributed by atoms with Gasteiger partial charge >= 0.3 is 0 Å². The molecule has 2 heterocycles. The smallest absolute Gasteiger partial charge is 0.269 e. The maximum Gasteiger partial charge on any atom is 0.269 e. The molecule has 1 aliphatic rings. The molecule has 140 valence electrons. The molecule has 1 fully saturated rings. The number of nitrogens with zero attached hydrogens (tertiary/aromatic N) is 4. The minimum Gasteiger partial charge on any atom is -0.331 e. The molecule has 1 aromatic heterocycles. The average Bonchev–Trinajstić information content (AvgIpc) is 3.07. The summed E-state index contributed by atoms with van der Waals surface area (Å²) < 4.78 is 2.29. The number of fused-ring (bicyclic) bond motifs is 1. The van der Waals surface area contributed by atoms with Crippen LogP contribution >= 0.6 is 0 Å². The summed E-state index contributed by atoms with van der Waals surface area (Å²) in [6.45, 7) is 7.96. The van der Waals surface area contributed by atoms with Crippen molar-refractivity contribution < 1.29 is 9.82 Å². The number of piperazine rings is 1. The van der Waals surface area contributed by atoms with Crippen molar-refractivity contribution in [2.45, 2.75) is 20.0 Å². The first-order valence-electron chi connectivity index (χ1n) is 9.43. The molecule has 0 unspecified atom stereocenters. The van der Waals surface area contributed by atoms with Gasteiger partial charge in [-0.2, -0.15) is 0 Å². The molecule has 1 saturated heterocycles. The van der Waals surface area contributed by atoms with Gasteiger partial charge in [0.2, 0.25) is 5.95 Å². The molecule has 0 spiro atoms. The Bertz CT molecular complexity index is 943. The van der Waals surface area contributed by atoms with Crippen molar-refractivity contribution in [3.63, 3.8) is 0 Å². The minimum atomic E-state index is -0.352. The van der Waals surface area contributed by atoms with E-state index in [1.165, 1.54) is 10.4 Å². The second kappa shape index (κ2) is 7.36. The van der Waals surface area contributed by atoms with Gasteiger partial charge in [0.25, 0.3) is 5.69 Å². The Balaban J connectivity index is 1.42. The molecule has 0 atom stereocenters. The van der Waals surface area contributed by atoms with Crippen LogP contribution in [0.15, 0.2) is 48.5 Å². The van der Waals surface area contributed by atoms with Gasteiger partial charge < -0.3 is 14.4 Å². The highest BCUT2D eigenvalue weighted by Gasteiger charge is 2.24. The number of nitro groups is 1. The molecule has 7 heteroatoms. The van der Waals surface area contributed by atoms with Gasteiger partial charge in [-0.1, -0.05) is 12.1 Å². The van der Waals surface area contributed by atoms with Crippen LogP contribution in [0.5, 0.6) is 0 Å². The predicted octanol–water partition coefficient (Wildman–Crippen LogP) is 1.87. The number of hydrogen-bond donors (Lipinski definition) is 1. The van der Waals surface area contributed by atoms with E-state index in [2.05, 4.69) is 34.6 Å². The molecule has 0 radical (unpaired) electrons. The third-order valence-electron chi connectivity index (χ3n) is 5.31. The molecule has 0 aliphatic carbocycles. The Morgan fingerprint density at radius 2 is 1.81 bits per heavy atom. The molecule has 2 aromatic carbocycles. The van der Waals surface area contributed by atoms with Gasteiger partial charge in [-0.3, -0.25) is 10.1 Å². The predicted molar refractivity (Wildman–Crippen MR) is 105 cm³/mol. The quantitative estimate of drug-likeness (QED) is 0.553. The van der Waals surface area contributed by atoms with Crippen molar-refractivity contribution in [3.05, 3.63) is 64.2 Å². The summed E-state index contributed by atoms with van der Waals surface area (Å²) in [7, 11) is 0. The number of imidazole rings is 1. The summed E-state index contributed by atoms with van der Waals surface area (Å²) >= 11 is 0. The molecule has 27 heavy (non-hydrogen) atoms. The Morgan fingerprint density at radius 1 is 1.11 bits per heavy atom. The number of aryl methyl sites for hydroxylation is 1. The van der Waals surface area contributed by atoms with E-state index in [-0.39, 0.29) is 10.6 Å². The van der Waals surface area contributed by atoms with Crippen LogP contribution in [0.25, 0.3) is 11.0 Å². The summed E-state index contributed by atoms with van der Waals surface area (Å²) in [6.07, 6.45) is 0. The van der Waals surface area contributed by atoms with E-state index in [9.17, 15) is 10.1 Å². The summed E-state index contributed by atoms with van der Waals surface area (Å²) in [5.74, 6) is 1.06. The van der Waals surface area contributed by atoms with E-state index in [0.29, 0.717) is 0 Å². The first-order chi connectivity index (χ1) is 13.2. The van der Waals surface area contributed by atoms with E-state index >= 15 is 0 Å². The van der Waals surface area contributed by atoms with E-state index in [1.807, 2.05) is 18.2 Å². The number of para-hydroxylation sites is 2. The van der Waals surface area contributed by atoms with Gasteiger partial charge in [-0.25, -0.2) is 4.98 Å². The molecule has 0 saturated carbocycles. The zero-order chi connectivity index (χ0) is 18.8. The second-order valence-corrected chi connectivity index (χ2v) is 6.98. The Hall–Kier alpha value is -2.93. The van der Waals surface area contributed by atoms with Gasteiger partial charge in [0.05, 0.1) is 42.1 Å². The van der Waals surface area contributed by atoms with Crippen LogP contribution < -0.4 is 9.80 Å². The highest BCUT2D eigenvalue weighted by molar-refractivity contribution is 5.78. The zero-order valence-corrected chi connectivity index (χ0v) is 15.5. The number of aromatic nitrogens is 2. The van der Waals surface area contributed by atoms with E-state index in [4.69, 9.17) is 4.98 Å². The third-order valence-corrected chi connectivity index (χ3v) is 5.31. The molecule has 0 bridgehead atoms. The number of anilines is 1. The standard InChI is InChI=1S/C20H23N5O2/c1-2-24-19-6-4-3-5-18(19)21-20(24)23-13-11-22(12-14-23)15-16-7-9-17(10-8-16)25(26)27/h3-10H,2,11-15H2,1H3/p+1. The number of nitro benzene ring substituents is 1. The van der Waals surface area contributed by atoms with Gasteiger partial charge in [0, 0.05) is 24.2 Å². The molecule has 4 rings (SSSR count). The fourth-order valence-electron chi connectivity index (χ4n) is 3.84. The summed E-state index contributed by atoms with van der Waals surface area (Å²) in [5.41, 5.74) is 3.53. The van der Waals surface area contributed by atoms with Crippen molar-refractivity contribution >= 4 is 22.7 Å². The number of benzene rings is 2. The topological polar surface area (TPSA) is 68.6 Å². The maximum atomic E-state index is 10.8. The lowest BCUT2D eigenvalue weighted by atomic mass is 10.2. The molecule has 7 nitrogen and oxygen atoms in total. The monoisotopic (exact) mass is 366 g/mol. The van der Waals surface area contributed by atoms with Crippen molar-refractivity contribution in [2.75, 3.05) is 31.1 Å². The largest absolute Gasteiger partial charge is 0.331 e. The van der Waals surface area contributed by atoms with Gasteiger partial charge in [0.1, 0.15) is 6.54 Å². The van der Waals surface area contributed by atoms with Crippen molar-refractivity contribution in [2.24, 2.45) is 0 Å². The number of non-ortho nitro benzene ring substituents is 1. The first kappa shape index (κ1) is 17.5. The number of quaternary nitrogens is 1. The van der Waals surface area contributed by atoms with Crippen LogP contribution in [0.4, 0.5) is 11.6 Å². The van der Waals surface area contributed by atoms with Crippen molar-refractivity contribution in [1.29, 1.82) is 0 Å². The second-order valence-electron chi connectivity index (χ2n) is 6.98. The molecule has 3 aromatic rings. The highest BCUT2D eigenvalue weighted by atomic mass is 16.6. The lowest BCUT2D eigenvalue weighted by Gasteiger charge is -2.33. The molecule has 1 aliphatic heterocycles. The number of hydrogen-bond acceptors (Lipinski definition) is 4. The van der Waals surface area contributed by atoms with E-state index < -0.39 is 0 Å². The third kappa shape index (κ3) is 3.50. The van der Waals surface area contributed by atoms with Gasteiger partial charge in [-0.05, 0) is 31.2 Å². The molecular formula is C20H24N5O2+. The van der Waals surface area contributed by atoms with Crippen molar-refractivity contribution in [1.82, 2.24) is 9.55 Å². The Morgan fingerprint density at radius 3 is 2.48 bits per heavy atom. The van der Waals surface area contributed by atoms with Crippen LogP contribution in [-0.2, 0) is 13.1 Å².